The van der Waals surface area contributed by atoms with Gasteiger partial charge in [-0.05, 0) is 0 Å². The molecule has 0 aromatic rings. The van der Waals surface area contributed by atoms with Gasteiger partial charge in [0.1, 0.15) is 0 Å². The molecule has 0 fully saturated rings. The SMILES string of the molecule is [Na+].[O-]B([O-])O.[O]=[Sb+]. The van der Waals surface area contributed by atoms with E-state index in [4.69, 9.17) is 18.1 Å². The molecule has 0 heterocycles. The zero-order valence-corrected chi connectivity index (χ0v) is 8.25. The molecule has 0 unspecified atom stereocenters. The van der Waals surface area contributed by atoms with Crippen LogP contribution in [0.4, 0.5) is 0 Å². The molecule has 0 saturated heterocycles. The van der Waals surface area contributed by atoms with E-state index in [0.29, 0.717) is 23.0 Å². The Labute approximate surface area is 77.3 Å². The van der Waals surface area contributed by atoms with Crippen molar-refractivity contribution in [3.8, 4) is 0 Å². The van der Waals surface area contributed by atoms with Gasteiger partial charge in [-0.25, -0.2) is 0 Å². The predicted octanol–water partition coefficient (Wildman–Crippen LogP) is -6.81. The normalized spacial score (nSPS) is 4.43. The van der Waals surface area contributed by atoms with Gasteiger partial charge < -0.3 is 15.1 Å². The van der Waals surface area contributed by atoms with Crippen molar-refractivity contribution in [1.82, 2.24) is 0 Å². The molecule has 4 nitrogen and oxygen atoms in total. The first-order valence-corrected chi connectivity index (χ1v) is 1.95. The van der Waals surface area contributed by atoms with Crippen molar-refractivity contribution >= 4 is 30.3 Å². The van der Waals surface area contributed by atoms with Crippen LogP contribution in [-0.4, -0.2) is 35.4 Å². The number of hydrogen-bond donors (Lipinski definition) is 1. The first-order valence-electron chi connectivity index (χ1n) is 0.912. The average molecular weight is 221 g/mol. The third kappa shape index (κ3) is 95.8. The van der Waals surface area contributed by atoms with E-state index in [1.54, 1.807) is 0 Å². The Hall–Kier alpha value is 1.56. The van der Waals surface area contributed by atoms with Gasteiger partial charge in [-0.15, -0.1) is 0 Å². The summed E-state index contributed by atoms with van der Waals surface area (Å²) in [5.41, 5.74) is 0. The molecule has 0 aliphatic rings. The summed E-state index contributed by atoms with van der Waals surface area (Å²) in [5.74, 6) is 0. The Morgan fingerprint density at radius 3 is 1.43 bits per heavy atom. The van der Waals surface area contributed by atoms with Crippen molar-refractivity contribution in [2.75, 3.05) is 0 Å². The second-order valence-electron chi connectivity index (χ2n) is 0.307. The molecule has 0 aliphatic carbocycles. The fraction of sp³-hybridized carbons (Fsp3) is 0. The van der Waals surface area contributed by atoms with E-state index in [1.165, 1.54) is 0 Å². The summed E-state index contributed by atoms with van der Waals surface area (Å²) >= 11 is 0.500. The third-order valence-electron chi connectivity index (χ3n) is 0. The van der Waals surface area contributed by atoms with Crippen LogP contribution in [-0.2, 0) is 3.02 Å². The summed E-state index contributed by atoms with van der Waals surface area (Å²) in [5, 5.41) is 24.0. The standard InChI is InChI=1S/BHO3.Na.O.Sb/c2-1(3)4;;;/h2H;;;/q-2;+1;;+1. The van der Waals surface area contributed by atoms with Gasteiger partial charge in [0.05, 0.1) is 7.32 Å². The second-order valence-corrected chi connectivity index (χ2v) is 0.307. The molecule has 0 spiro atoms. The van der Waals surface area contributed by atoms with E-state index in [2.05, 4.69) is 0 Å². The molecule has 1 N–H and O–H groups in total. The van der Waals surface area contributed by atoms with Gasteiger partial charge in [-0.2, -0.15) is 0 Å². The van der Waals surface area contributed by atoms with Crippen molar-refractivity contribution in [2.24, 2.45) is 0 Å². The Bertz CT molecular complexity index is 22.9. The molecule has 0 amide bonds. The minimum atomic E-state index is -2.67. The van der Waals surface area contributed by atoms with E-state index < -0.39 is 7.32 Å². The van der Waals surface area contributed by atoms with Crippen LogP contribution in [0.25, 0.3) is 0 Å². The fourth-order valence-corrected chi connectivity index (χ4v) is 0. The Morgan fingerprint density at radius 1 is 1.43 bits per heavy atom. The van der Waals surface area contributed by atoms with Crippen LogP contribution in [0.3, 0.4) is 0 Å². The first-order chi connectivity index (χ1) is 2.73. The quantitative estimate of drug-likeness (QED) is 0.412. The van der Waals surface area contributed by atoms with Gasteiger partial charge in [0.15, 0.2) is 0 Å². The molecule has 7 heavy (non-hydrogen) atoms. The summed E-state index contributed by atoms with van der Waals surface area (Å²) in [4.78, 5) is 0. The van der Waals surface area contributed by atoms with Gasteiger partial charge in [0.25, 0.3) is 0 Å². The molecule has 0 aliphatic heterocycles. The number of rotatable bonds is 0. The molecule has 34 valence electrons. The first kappa shape index (κ1) is 15.8. The summed E-state index contributed by atoms with van der Waals surface area (Å²) in [6.07, 6.45) is 0. The molecule has 0 saturated carbocycles. The molecular weight excluding hydrogens is 220 g/mol. The van der Waals surface area contributed by atoms with Crippen LogP contribution in [0.2, 0.25) is 0 Å². The summed E-state index contributed by atoms with van der Waals surface area (Å²) in [6, 6.07) is 0. The van der Waals surface area contributed by atoms with E-state index in [9.17, 15) is 0 Å². The van der Waals surface area contributed by atoms with E-state index in [1.807, 2.05) is 0 Å². The van der Waals surface area contributed by atoms with Crippen LogP contribution >= 0.6 is 0 Å². The summed E-state index contributed by atoms with van der Waals surface area (Å²) in [6.45, 7) is 0. The topological polar surface area (TPSA) is 83.4 Å². The van der Waals surface area contributed by atoms with Crippen LogP contribution in [0, 0.1) is 0 Å². The van der Waals surface area contributed by atoms with Crippen LogP contribution in [0.5, 0.6) is 0 Å². The van der Waals surface area contributed by atoms with Crippen LogP contribution in [0.1, 0.15) is 0 Å². The molecule has 7 heteroatoms. The monoisotopic (exact) mass is 220 g/mol. The molecule has 0 bridgehead atoms. The zero-order valence-electron chi connectivity index (χ0n) is 3.70. The van der Waals surface area contributed by atoms with Gasteiger partial charge >= 0.3 is 55.6 Å². The molecule has 0 atom stereocenters. The van der Waals surface area contributed by atoms with E-state index in [0.717, 1.165) is 0 Å². The molecule has 0 aromatic heterocycles. The molecule has 0 rings (SSSR count). The summed E-state index contributed by atoms with van der Waals surface area (Å²) in [7, 11) is -2.67. The molecule has 2 radical (unpaired) electrons. The van der Waals surface area contributed by atoms with Crippen molar-refractivity contribution < 1.29 is 47.6 Å². The van der Waals surface area contributed by atoms with Gasteiger partial charge in [0, 0.05) is 0 Å². The van der Waals surface area contributed by atoms with Crippen molar-refractivity contribution in [3.05, 3.63) is 0 Å². The van der Waals surface area contributed by atoms with Crippen LogP contribution < -0.4 is 39.6 Å². The predicted molar refractivity (Wildman–Crippen MR) is 14.4 cm³/mol. The van der Waals surface area contributed by atoms with Crippen molar-refractivity contribution in [3.63, 3.8) is 0 Å². The van der Waals surface area contributed by atoms with Crippen molar-refractivity contribution in [1.29, 1.82) is 0 Å². The molecular formula is HBNaO4Sb. The minimum absolute atomic E-state index is 0. The fourth-order valence-electron chi connectivity index (χ4n) is 0. The number of hydrogen-bond acceptors (Lipinski definition) is 4. The second kappa shape index (κ2) is 15.6. The van der Waals surface area contributed by atoms with Gasteiger partial charge in [0.2, 0.25) is 0 Å². The summed E-state index contributed by atoms with van der Waals surface area (Å²) < 4.78 is 8.30. The van der Waals surface area contributed by atoms with Crippen LogP contribution in [0.15, 0.2) is 0 Å². The van der Waals surface area contributed by atoms with E-state index >= 15 is 0 Å². The van der Waals surface area contributed by atoms with E-state index in [-0.39, 0.29) is 29.6 Å². The Morgan fingerprint density at radius 2 is 1.43 bits per heavy atom. The average Bonchev–Trinajstić information content (AvgIpc) is 1.41. The maximum absolute atomic E-state index is 8.53. The Balaban J connectivity index is -0.0000000480. The Kier molecular flexibility index (Phi) is 35.4. The van der Waals surface area contributed by atoms with Gasteiger partial charge in [-0.1, -0.05) is 0 Å². The van der Waals surface area contributed by atoms with Gasteiger partial charge in [-0.3, -0.25) is 0 Å². The third-order valence-corrected chi connectivity index (χ3v) is 0. The maximum atomic E-state index is 8.53. The van der Waals surface area contributed by atoms with Crippen molar-refractivity contribution in [2.45, 2.75) is 0 Å². The molecule has 0 aromatic carbocycles. The zero-order chi connectivity index (χ0) is 5.58.